The lowest BCUT2D eigenvalue weighted by Gasteiger charge is -2.28. The molecule has 0 saturated carbocycles. The van der Waals surface area contributed by atoms with E-state index in [1.807, 2.05) is 13.8 Å². The molecule has 36 heavy (non-hydrogen) atoms. The Balaban J connectivity index is 2.22. The number of nitrogens with one attached hydrogen (secondary N) is 1. The van der Waals surface area contributed by atoms with Gasteiger partial charge in [0.15, 0.2) is 0 Å². The lowest BCUT2D eigenvalue weighted by atomic mass is 9.93. The number of aromatic amines is 1. The number of aliphatic hydroxyl groups is 1. The lowest BCUT2D eigenvalue weighted by Crippen LogP contribution is -2.38. The molecule has 0 aliphatic carbocycles. The van der Waals surface area contributed by atoms with Crippen molar-refractivity contribution in [3.8, 4) is 0 Å². The number of hydrogen-bond donors (Lipinski definition) is 2. The van der Waals surface area contributed by atoms with Gasteiger partial charge in [0.2, 0.25) is 0 Å². The van der Waals surface area contributed by atoms with Gasteiger partial charge < -0.3 is 24.6 Å². The van der Waals surface area contributed by atoms with E-state index in [9.17, 15) is 29.6 Å². The highest BCUT2D eigenvalue weighted by atomic mass is 16.6. The first-order chi connectivity index (χ1) is 17.1. The third-order valence-corrected chi connectivity index (χ3v) is 6.55. The van der Waals surface area contributed by atoms with Gasteiger partial charge in [0.05, 0.1) is 23.6 Å². The number of benzene rings is 1. The number of rotatable bonds is 9. The Morgan fingerprint density at radius 1 is 1.25 bits per heavy atom. The number of H-pyrrole nitrogens is 1. The van der Waals surface area contributed by atoms with Gasteiger partial charge in [-0.1, -0.05) is 26.0 Å². The van der Waals surface area contributed by atoms with Crippen molar-refractivity contribution in [1.82, 2.24) is 14.8 Å². The van der Waals surface area contributed by atoms with Crippen molar-refractivity contribution in [2.45, 2.75) is 33.7 Å². The van der Waals surface area contributed by atoms with E-state index in [4.69, 9.17) is 4.74 Å². The van der Waals surface area contributed by atoms with E-state index in [-0.39, 0.29) is 29.1 Å². The van der Waals surface area contributed by atoms with Gasteiger partial charge >= 0.3 is 5.97 Å². The van der Waals surface area contributed by atoms with Crippen molar-refractivity contribution in [3.05, 3.63) is 68.0 Å². The Hall–Kier alpha value is -3.99. The summed E-state index contributed by atoms with van der Waals surface area (Å²) >= 11 is 0. The molecule has 1 fully saturated rings. The van der Waals surface area contributed by atoms with E-state index in [2.05, 4.69) is 9.88 Å². The summed E-state index contributed by atoms with van der Waals surface area (Å²) in [5.74, 6) is -2.82. The molecule has 0 radical (unpaired) electrons. The molecular weight excluding hydrogens is 468 g/mol. The summed E-state index contributed by atoms with van der Waals surface area (Å²) in [6.45, 7) is 9.28. The molecule has 0 bridgehead atoms. The summed E-state index contributed by atoms with van der Waals surface area (Å²) in [5.41, 5.74) is 0.988. The van der Waals surface area contributed by atoms with Crippen LogP contribution in [0.5, 0.6) is 0 Å². The summed E-state index contributed by atoms with van der Waals surface area (Å²) < 4.78 is 4.78. The van der Waals surface area contributed by atoms with Crippen LogP contribution in [0.2, 0.25) is 0 Å². The molecule has 1 aliphatic heterocycles. The molecule has 2 N–H and O–H groups in total. The molecule has 1 aromatic carbocycles. The Kier molecular flexibility index (Phi) is 7.93. The highest BCUT2D eigenvalue weighted by Crippen LogP contribution is 2.41. The number of likely N-dealkylation sites (tertiary alicyclic amines) is 1. The maximum atomic E-state index is 13.3. The molecular formula is C25H30N4O7. The van der Waals surface area contributed by atoms with Gasteiger partial charge in [-0.25, -0.2) is 4.79 Å². The van der Waals surface area contributed by atoms with Gasteiger partial charge in [-0.05, 0) is 38.1 Å². The van der Waals surface area contributed by atoms with E-state index in [0.29, 0.717) is 23.4 Å². The molecule has 2 heterocycles. The summed E-state index contributed by atoms with van der Waals surface area (Å²) in [7, 11) is 1.22. The predicted molar refractivity (Wildman–Crippen MR) is 132 cm³/mol. The minimum absolute atomic E-state index is 0.110. The van der Waals surface area contributed by atoms with Crippen LogP contribution in [0.15, 0.2) is 29.8 Å². The molecule has 0 unspecified atom stereocenters. The van der Waals surface area contributed by atoms with Crippen molar-refractivity contribution in [2.75, 3.05) is 33.3 Å². The number of carbonyl (C=O) groups is 3. The van der Waals surface area contributed by atoms with E-state index >= 15 is 0 Å². The number of Topliss-reactive ketones (excluding diaryl/α,β-unsaturated/α-hetero) is 1. The average Bonchev–Trinajstić information content (AvgIpc) is 3.30. The molecule has 1 atom stereocenters. The van der Waals surface area contributed by atoms with Gasteiger partial charge in [0.25, 0.3) is 17.4 Å². The Labute approximate surface area is 208 Å². The molecule has 11 heteroatoms. The molecule has 3 rings (SSSR count). The fourth-order valence-corrected chi connectivity index (χ4v) is 4.60. The molecule has 192 valence electrons. The number of aryl methyl sites for hydroxylation is 1. The lowest BCUT2D eigenvalue weighted by molar-refractivity contribution is -0.384. The maximum Gasteiger partial charge on any atom is 0.354 e. The normalized spacial score (nSPS) is 17.2. The second-order valence-corrected chi connectivity index (χ2v) is 8.49. The van der Waals surface area contributed by atoms with Crippen molar-refractivity contribution in [3.63, 3.8) is 0 Å². The van der Waals surface area contributed by atoms with Crippen LogP contribution in [0.1, 0.15) is 52.8 Å². The number of amides is 1. The Bertz CT molecular complexity index is 1240. The molecule has 0 spiro atoms. The number of aromatic nitrogens is 1. The minimum Gasteiger partial charge on any atom is -0.507 e. The standard InChI is InChI=1S/C25H30N4O7/c1-6-27(7-2)11-12-28-21(16-9-8-10-17(13-16)29(34)35)19(23(31)24(28)32)22(30)18-14(3)20(25(33)36-5)26-15(18)4/h8-10,13,21,26,30H,6-7,11-12H2,1-5H3/b22-19+/t21-/m0/s1. The molecule has 2 aromatic rings. The zero-order valence-corrected chi connectivity index (χ0v) is 21.0. The maximum absolute atomic E-state index is 13.3. The van der Waals surface area contributed by atoms with Crippen LogP contribution in [0.25, 0.3) is 5.76 Å². The number of aliphatic hydroxyl groups excluding tert-OH is 1. The number of nitro groups is 1. The van der Waals surface area contributed by atoms with E-state index < -0.39 is 34.4 Å². The number of nitro benzene ring substituents is 1. The van der Waals surface area contributed by atoms with Crippen molar-refractivity contribution in [1.29, 1.82) is 0 Å². The highest BCUT2D eigenvalue weighted by Gasteiger charge is 2.46. The van der Waals surface area contributed by atoms with Crippen LogP contribution in [0.3, 0.4) is 0 Å². The van der Waals surface area contributed by atoms with Crippen molar-refractivity contribution >= 4 is 29.1 Å². The average molecular weight is 499 g/mol. The summed E-state index contributed by atoms with van der Waals surface area (Å²) in [6.07, 6.45) is 0. The summed E-state index contributed by atoms with van der Waals surface area (Å²) in [5, 5.41) is 22.8. The summed E-state index contributed by atoms with van der Waals surface area (Å²) in [4.78, 5) is 55.8. The fraction of sp³-hybridized carbons (Fsp3) is 0.400. The summed E-state index contributed by atoms with van der Waals surface area (Å²) in [6, 6.07) is 4.62. The number of methoxy groups -OCH3 is 1. The molecule has 11 nitrogen and oxygen atoms in total. The molecule has 1 amide bonds. The fourth-order valence-electron chi connectivity index (χ4n) is 4.60. The van der Waals surface area contributed by atoms with Crippen LogP contribution >= 0.6 is 0 Å². The van der Waals surface area contributed by atoms with E-state index in [1.54, 1.807) is 19.9 Å². The molecule has 1 saturated heterocycles. The van der Waals surface area contributed by atoms with Crippen LogP contribution in [0, 0.1) is 24.0 Å². The first-order valence-electron chi connectivity index (χ1n) is 11.6. The number of ether oxygens (including phenoxy) is 1. The van der Waals surface area contributed by atoms with Gasteiger partial charge in [-0.3, -0.25) is 19.7 Å². The monoisotopic (exact) mass is 498 g/mol. The third-order valence-electron chi connectivity index (χ3n) is 6.55. The molecule has 1 aromatic heterocycles. The molecule has 1 aliphatic rings. The van der Waals surface area contributed by atoms with Crippen molar-refractivity contribution < 1.29 is 29.2 Å². The zero-order valence-electron chi connectivity index (χ0n) is 21.0. The first-order valence-corrected chi connectivity index (χ1v) is 11.6. The second kappa shape index (κ2) is 10.7. The van der Waals surface area contributed by atoms with Crippen LogP contribution in [-0.2, 0) is 14.3 Å². The third kappa shape index (κ3) is 4.74. The SMILES string of the molecule is CCN(CC)CCN1C(=O)C(=O)/C(=C(/O)c2c(C)[nH]c(C(=O)OC)c2C)[C@@H]1c1cccc([N+](=O)[O-])c1. The van der Waals surface area contributed by atoms with Gasteiger partial charge in [0, 0.05) is 36.5 Å². The van der Waals surface area contributed by atoms with Gasteiger partial charge in [-0.15, -0.1) is 0 Å². The first kappa shape index (κ1) is 26.6. The number of likely N-dealkylation sites (N-methyl/N-ethyl adjacent to an activating group) is 1. The van der Waals surface area contributed by atoms with Crippen molar-refractivity contribution in [2.24, 2.45) is 0 Å². The Morgan fingerprint density at radius 2 is 1.92 bits per heavy atom. The Morgan fingerprint density at radius 3 is 2.50 bits per heavy atom. The smallest absolute Gasteiger partial charge is 0.354 e. The number of esters is 1. The number of hydrogen-bond acceptors (Lipinski definition) is 8. The number of non-ortho nitro benzene ring substituents is 1. The zero-order chi connectivity index (χ0) is 26.7. The van der Waals surface area contributed by atoms with E-state index in [1.165, 1.54) is 30.2 Å². The number of carbonyl (C=O) groups excluding carboxylic acids is 3. The van der Waals surface area contributed by atoms with Crippen LogP contribution in [-0.4, -0.2) is 75.8 Å². The minimum atomic E-state index is -1.05. The van der Waals surface area contributed by atoms with Gasteiger partial charge in [0.1, 0.15) is 11.5 Å². The largest absolute Gasteiger partial charge is 0.507 e. The van der Waals surface area contributed by atoms with E-state index in [0.717, 1.165) is 13.1 Å². The number of nitrogens with zero attached hydrogens (tertiary/aromatic N) is 3. The van der Waals surface area contributed by atoms with Crippen LogP contribution < -0.4 is 0 Å². The predicted octanol–water partition coefficient (Wildman–Crippen LogP) is 3.09. The van der Waals surface area contributed by atoms with Crippen LogP contribution in [0.4, 0.5) is 5.69 Å². The van der Waals surface area contributed by atoms with Gasteiger partial charge in [-0.2, -0.15) is 0 Å². The topological polar surface area (TPSA) is 146 Å². The number of ketones is 1. The highest BCUT2D eigenvalue weighted by molar-refractivity contribution is 6.46. The quantitative estimate of drug-likeness (QED) is 0.134. The second-order valence-electron chi connectivity index (χ2n) is 8.49.